The van der Waals surface area contributed by atoms with E-state index in [1.54, 1.807) is 35.4 Å². The number of hydroxylamine groups is 1. The number of aromatic nitrogens is 1. The van der Waals surface area contributed by atoms with Gasteiger partial charge in [0.25, 0.3) is 11.6 Å². The molecule has 0 atom stereocenters. The van der Waals surface area contributed by atoms with Gasteiger partial charge in [-0.2, -0.15) is 4.31 Å². The number of sulfonamides is 1. The zero-order chi connectivity index (χ0) is 22.9. The zero-order valence-corrected chi connectivity index (χ0v) is 17.5. The molecule has 2 heterocycles. The minimum absolute atomic E-state index is 0.0729. The van der Waals surface area contributed by atoms with Gasteiger partial charge in [0.15, 0.2) is 0 Å². The number of benzene rings is 2. The van der Waals surface area contributed by atoms with Crippen LogP contribution in [0.25, 0.3) is 10.9 Å². The van der Waals surface area contributed by atoms with Crippen molar-refractivity contribution in [2.24, 2.45) is 0 Å². The summed E-state index contributed by atoms with van der Waals surface area (Å²) < 4.78 is 27.9. The summed E-state index contributed by atoms with van der Waals surface area (Å²) in [5, 5.41) is 20.8. The van der Waals surface area contributed by atoms with Crippen LogP contribution in [0.1, 0.15) is 10.4 Å². The lowest BCUT2D eigenvalue weighted by Crippen LogP contribution is -2.49. The molecule has 0 radical (unpaired) electrons. The lowest BCUT2D eigenvalue weighted by molar-refractivity contribution is -0.384. The highest BCUT2D eigenvalue weighted by molar-refractivity contribution is 7.89. The Hall–Kier alpha value is -3.61. The lowest BCUT2D eigenvalue weighted by Gasteiger charge is -2.36. The van der Waals surface area contributed by atoms with Gasteiger partial charge >= 0.3 is 0 Å². The Bertz CT molecular complexity index is 1300. The average molecular weight is 457 g/mol. The second-order valence-electron chi connectivity index (χ2n) is 7.12. The highest BCUT2D eigenvalue weighted by Crippen LogP contribution is 2.29. The molecule has 1 aromatic heterocycles. The number of rotatable bonds is 5. The number of non-ortho nitro benzene ring substituents is 1. The molecule has 0 bridgehead atoms. The SMILES string of the molecule is O=C(NO)c1cc([N+](=O)[O-])ccc1N1CCN(S(=O)(=O)c2cccc3cccnc23)CC1. The second kappa shape index (κ2) is 8.49. The Morgan fingerprint density at radius 2 is 1.81 bits per heavy atom. The van der Waals surface area contributed by atoms with Crippen LogP contribution in [0.2, 0.25) is 0 Å². The number of anilines is 1. The van der Waals surface area contributed by atoms with E-state index in [9.17, 15) is 23.3 Å². The molecule has 1 fully saturated rings. The Balaban J connectivity index is 1.59. The molecule has 1 amide bonds. The molecule has 12 heteroatoms. The van der Waals surface area contributed by atoms with E-state index in [1.807, 2.05) is 0 Å². The normalized spacial score (nSPS) is 15.0. The van der Waals surface area contributed by atoms with E-state index in [2.05, 4.69) is 4.98 Å². The fraction of sp³-hybridized carbons (Fsp3) is 0.200. The number of para-hydroxylation sites is 1. The molecule has 1 saturated heterocycles. The summed E-state index contributed by atoms with van der Waals surface area (Å²) in [7, 11) is -3.81. The molecule has 3 aromatic rings. The number of nitro groups is 1. The number of carbonyl (C=O) groups excluding carboxylic acids is 1. The van der Waals surface area contributed by atoms with Crippen LogP contribution in [0.3, 0.4) is 0 Å². The topological polar surface area (TPSA) is 146 Å². The summed E-state index contributed by atoms with van der Waals surface area (Å²) in [4.78, 5) is 28.6. The molecular formula is C20H19N5O6S. The number of fused-ring (bicyclic) bond motifs is 1. The van der Waals surface area contributed by atoms with E-state index < -0.39 is 20.9 Å². The van der Waals surface area contributed by atoms with Crippen LogP contribution < -0.4 is 10.4 Å². The summed E-state index contributed by atoms with van der Waals surface area (Å²) in [6.45, 7) is 0.785. The number of nitrogens with zero attached hydrogens (tertiary/aromatic N) is 4. The van der Waals surface area contributed by atoms with Gasteiger partial charge in [-0.15, -0.1) is 0 Å². The van der Waals surface area contributed by atoms with Gasteiger partial charge in [0, 0.05) is 49.9 Å². The standard InChI is InChI=1S/C20H19N5O6S/c26-20(22-27)16-13-15(25(28)29)6-7-17(16)23-9-11-24(12-10-23)32(30,31)18-5-1-3-14-4-2-8-21-19(14)18/h1-8,13,27H,9-12H2,(H,22,26). The van der Waals surface area contributed by atoms with Crippen LogP contribution in [-0.4, -0.2) is 59.9 Å². The highest BCUT2D eigenvalue weighted by Gasteiger charge is 2.31. The van der Waals surface area contributed by atoms with Crippen molar-refractivity contribution >= 4 is 38.2 Å². The van der Waals surface area contributed by atoms with Crippen LogP contribution in [0.4, 0.5) is 11.4 Å². The lowest BCUT2D eigenvalue weighted by atomic mass is 10.1. The summed E-state index contributed by atoms with van der Waals surface area (Å²) >= 11 is 0. The van der Waals surface area contributed by atoms with Crippen molar-refractivity contribution in [3.05, 3.63) is 70.4 Å². The van der Waals surface area contributed by atoms with Crippen LogP contribution in [0.5, 0.6) is 0 Å². The van der Waals surface area contributed by atoms with E-state index >= 15 is 0 Å². The fourth-order valence-electron chi connectivity index (χ4n) is 3.75. The van der Waals surface area contributed by atoms with Gasteiger partial charge in [0.2, 0.25) is 10.0 Å². The predicted octanol–water partition coefficient (Wildman–Crippen LogP) is 1.77. The number of hydrogen-bond donors (Lipinski definition) is 2. The first-order valence-corrected chi connectivity index (χ1v) is 11.1. The Kier molecular flexibility index (Phi) is 5.74. The summed E-state index contributed by atoms with van der Waals surface area (Å²) in [5.74, 6) is -0.888. The van der Waals surface area contributed by atoms with E-state index in [-0.39, 0.29) is 42.3 Å². The van der Waals surface area contributed by atoms with Crippen molar-refractivity contribution in [2.45, 2.75) is 4.90 Å². The van der Waals surface area contributed by atoms with E-state index in [1.165, 1.54) is 28.0 Å². The van der Waals surface area contributed by atoms with Gasteiger partial charge in [0.1, 0.15) is 4.90 Å². The molecule has 166 valence electrons. The van der Waals surface area contributed by atoms with Crippen molar-refractivity contribution in [3.63, 3.8) is 0 Å². The molecule has 0 saturated carbocycles. The molecule has 0 unspecified atom stereocenters. The molecule has 2 aromatic carbocycles. The quantitative estimate of drug-likeness (QED) is 0.335. The first kappa shape index (κ1) is 21.6. The number of nitrogens with one attached hydrogen (secondary N) is 1. The maximum absolute atomic E-state index is 13.3. The van der Waals surface area contributed by atoms with Crippen LogP contribution in [0.15, 0.2) is 59.6 Å². The molecule has 2 N–H and O–H groups in total. The van der Waals surface area contributed by atoms with Crippen molar-refractivity contribution in [1.82, 2.24) is 14.8 Å². The van der Waals surface area contributed by atoms with Crippen molar-refractivity contribution in [1.29, 1.82) is 0 Å². The van der Waals surface area contributed by atoms with Gasteiger partial charge < -0.3 is 4.90 Å². The fourth-order valence-corrected chi connectivity index (χ4v) is 5.34. The summed E-state index contributed by atoms with van der Waals surface area (Å²) in [5.41, 5.74) is 1.89. The second-order valence-corrected chi connectivity index (χ2v) is 9.03. The summed E-state index contributed by atoms with van der Waals surface area (Å²) in [6, 6.07) is 12.3. The molecule has 32 heavy (non-hydrogen) atoms. The van der Waals surface area contributed by atoms with Crippen LogP contribution in [0, 0.1) is 10.1 Å². The molecule has 4 rings (SSSR count). The number of nitro benzene ring substituents is 1. The molecule has 0 spiro atoms. The molecule has 0 aliphatic carbocycles. The van der Waals surface area contributed by atoms with Gasteiger partial charge in [0.05, 0.1) is 21.7 Å². The van der Waals surface area contributed by atoms with Gasteiger partial charge in [-0.25, -0.2) is 13.9 Å². The Morgan fingerprint density at radius 3 is 2.50 bits per heavy atom. The predicted molar refractivity (Wildman–Crippen MR) is 115 cm³/mol. The largest absolute Gasteiger partial charge is 0.368 e. The number of piperazine rings is 1. The molecule has 1 aliphatic rings. The minimum Gasteiger partial charge on any atom is -0.368 e. The summed E-state index contributed by atoms with van der Waals surface area (Å²) in [6.07, 6.45) is 1.54. The number of pyridine rings is 1. The number of carbonyl (C=O) groups is 1. The highest BCUT2D eigenvalue weighted by atomic mass is 32.2. The van der Waals surface area contributed by atoms with Gasteiger partial charge in [-0.1, -0.05) is 18.2 Å². The minimum atomic E-state index is -3.81. The van der Waals surface area contributed by atoms with Gasteiger partial charge in [-0.3, -0.25) is 25.1 Å². The maximum atomic E-state index is 13.3. The van der Waals surface area contributed by atoms with E-state index in [0.29, 0.717) is 11.2 Å². The van der Waals surface area contributed by atoms with Crippen LogP contribution in [-0.2, 0) is 10.0 Å². The third kappa shape index (κ3) is 3.86. The molecule has 11 nitrogen and oxygen atoms in total. The first-order chi connectivity index (χ1) is 15.3. The zero-order valence-electron chi connectivity index (χ0n) is 16.7. The smallest absolute Gasteiger partial charge is 0.276 e. The number of amides is 1. The van der Waals surface area contributed by atoms with Crippen LogP contribution >= 0.6 is 0 Å². The Labute approximate surface area is 183 Å². The van der Waals surface area contributed by atoms with E-state index in [0.717, 1.165) is 11.5 Å². The Morgan fingerprint density at radius 1 is 1.09 bits per heavy atom. The maximum Gasteiger partial charge on any atom is 0.276 e. The van der Waals surface area contributed by atoms with Crippen molar-refractivity contribution in [3.8, 4) is 0 Å². The molecular weight excluding hydrogens is 438 g/mol. The monoisotopic (exact) mass is 457 g/mol. The first-order valence-electron chi connectivity index (χ1n) is 9.64. The number of hydrogen-bond acceptors (Lipinski definition) is 8. The van der Waals surface area contributed by atoms with E-state index in [4.69, 9.17) is 5.21 Å². The molecule has 1 aliphatic heterocycles. The third-order valence-corrected chi connectivity index (χ3v) is 7.26. The van der Waals surface area contributed by atoms with Gasteiger partial charge in [-0.05, 0) is 18.2 Å². The average Bonchev–Trinajstić information content (AvgIpc) is 2.82. The van der Waals surface area contributed by atoms with Crippen molar-refractivity contribution < 1.29 is 23.3 Å². The third-order valence-electron chi connectivity index (χ3n) is 5.33. The van der Waals surface area contributed by atoms with Crippen molar-refractivity contribution in [2.75, 3.05) is 31.1 Å².